The van der Waals surface area contributed by atoms with Crippen LogP contribution in [0.4, 0.5) is 0 Å². The number of nitrogens with zero attached hydrogens (tertiary/aromatic N) is 1. The standard InChI is InChI=1S/C15H11BrN2O3/c16-14-7-6-13(20-14)15(19)17-9-11-8-12(18-21-11)10-4-2-1-3-5-10/h1-8H,9H2,(H,17,19). The highest BCUT2D eigenvalue weighted by Gasteiger charge is 2.12. The van der Waals surface area contributed by atoms with Crippen molar-refractivity contribution in [3.63, 3.8) is 0 Å². The second-order valence-electron chi connectivity index (χ2n) is 4.33. The summed E-state index contributed by atoms with van der Waals surface area (Å²) in [6.45, 7) is 0.247. The average molecular weight is 347 g/mol. The van der Waals surface area contributed by atoms with Crippen LogP contribution in [0, 0.1) is 0 Å². The van der Waals surface area contributed by atoms with Gasteiger partial charge in [0.05, 0.1) is 6.54 Å². The van der Waals surface area contributed by atoms with Gasteiger partial charge in [0.2, 0.25) is 0 Å². The molecule has 0 aliphatic heterocycles. The van der Waals surface area contributed by atoms with E-state index < -0.39 is 0 Å². The van der Waals surface area contributed by atoms with E-state index in [4.69, 9.17) is 8.94 Å². The number of aromatic nitrogens is 1. The Morgan fingerprint density at radius 3 is 2.71 bits per heavy atom. The minimum Gasteiger partial charge on any atom is -0.444 e. The molecule has 1 aromatic carbocycles. The van der Waals surface area contributed by atoms with E-state index in [1.54, 1.807) is 18.2 Å². The van der Waals surface area contributed by atoms with Crippen molar-refractivity contribution in [3.8, 4) is 11.3 Å². The molecule has 2 aromatic heterocycles. The first-order valence-corrected chi connectivity index (χ1v) is 7.06. The van der Waals surface area contributed by atoms with Crippen molar-refractivity contribution in [1.82, 2.24) is 10.5 Å². The molecule has 0 radical (unpaired) electrons. The van der Waals surface area contributed by atoms with Gasteiger partial charge in [-0.2, -0.15) is 0 Å². The predicted octanol–water partition coefficient (Wildman–Crippen LogP) is 3.63. The Labute approximate surface area is 129 Å². The molecule has 0 saturated heterocycles. The summed E-state index contributed by atoms with van der Waals surface area (Å²) in [5.74, 6) is 0.510. The van der Waals surface area contributed by atoms with E-state index in [2.05, 4.69) is 26.4 Å². The first kappa shape index (κ1) is 13.6. The Morgan fingerprint density at radius 1 is 1.19 bits per heavy atom. The van der Waals surface area contributed by atoms with Crippen molar-refractivity contribution in [2.75, 3.05) is 0 Å². The fourth-order valence-electron chi connectivity index (χ4n) is 1.83. The van der Waals surface area contributed by atoms with Crippen molar-refractivity contribution >= 4 is 21.8 Å². The van der Waals surface area contributed by atoms with Crippen LogP contribution >= 0.6 is 15.9 Å². The van der Waals surface area contributed by atoms with Crippen LogP contribution in [0.3, 0.4) is 0 Å². The summed E-state index contributed by atoms with van der Waals surface area (Å²) in [4.78, 5) is 11.8. The summed E-state index contributed by atoms with van der Waals surface area (Å²) in [5.41, 5.74) is 1.70. The van der Waals surface area contributed by atoms with Crippen molar-refractivity contribution in [2.45, 2.75) is 6.54 Å². The number of hydrogen-bond donors (Lipinski definition) is 1. The summed E-state index contributed by atoms with van der Waals surface area (Å²) in [6.07, 6.45) is 0. The number of carbonyl (C=O) groups excluding carboxylic acids is 1. The first-order chi connectivity index (χ1) is 10.2. The van der Waals surface area contributed by atoms with Gasteiger partial charge in [-0.3, -0.25) is 4.79 Å². The van der Waals surface area contributed by atoms with Crippen LogP contribution in [0.1, 0.15) is 16.3 Å². The molecule has 1 N–H and O–H groups in total. The molecular formula is C15H11BrN2O3. The van der Waals surface area contributed by atoms with Crippen LogP contribution in [0.25, 0.3) is 11.3 Å². The number of amides is 1. The van der Waals surface area contributed by atoms with Crippen molar-refractivity contribution in [3.05, 3.63) is 64.7 Å². The van der Waals surface area contributed by atoms with Crippen molar-refractivity contribution < 1.29 is 13.7 Å². The lowest BCUT2D eigenvalue weighted by molar-refractivity contribution is 0.0918. The maximum absolute atomic E-state index is 11.8. The number of nitrogens with one attached hydrogen (secondary N) is 1. The zero-order valence-electron chi connectivity index (χ0n) is 10.9. The molecule has 5 nitrogen and oxygen atoms in total. The quantitative estimate of drug-likeness (QED) is 0.783. The molecule has 106 valence electrons. The summed E-state index contributed by atoms with van der Waals surface area (Å²) in [7, 11) is 0. The lowest BCUT2D eigenvalue weighted by Gasteiger charge is -1.98. The van der Waals surface area contributed by atoms with Gasteiger partial charge in [-0.25, -0.2) is 0 Å². The molecule has 0 atom stereocenters. The highest BCUT2D eigenvalue weighted by molar-refractivity contribution is 9.10. The van der Waals surface area contributed by atoms with Crippen LogP contribution in [0.15, 0.2) is 62.1 Å². The van der Waals surface area contributed by atoms with Gasteiger partial charge in [0.25, 0.3) is 5.91 Å². The Morgan fingerprint density at radius 2 is 2.00 bits per heavy atom. The molecule has 0 bridgehead atoms. The molecule has 0 fully saturated rings. The van der Waals surface area contributed by atoms with Crippen LogP contribution in [-0.2, 0) is 6.54 Å². The van der Waals surface area contributed by atoms with Gasteiger partial charge >= 0.3 is 0 Å². The maximum Gasteiger partial charge on any atom is 0.287 e. The fourth-order valence-corrected chi connectivity index (χ4v) is 2.14. The molecule has 6 heteroatoms. The molecular weight excluding hydrogens is 336 g/mol. The monoisotopic (exact) mass is 346 g/mol. The topological polar surface area (TPSA) is 68.3 Å². The Balaban J connectivity index is 1.64. The average Bonchev–Trinajstić information content (AvgIpc) is 3.15. The Bertz CT molecular complexity index is 749. The van der Waals surface area contributed by atoms with Crippen LogP contribution < -0.4 is 5.32 Å². The summed E-state index contributed by atoms with van der Waals surface area (Å²) in [5, 5.41) is 6.69. The number of hydrogen-bond acceptors (Lipinski definition) is 4. The highest BCUT2D eigenvalue weighted by atomic mass is 79.9. The lowest BCUT2D eigenvalue weighted by atomic mass is 10.1. The third kappa shape index (κ3) is 3.22. The normalized spacial score (nSPS) is 10.5. The van der Waals surface area contributed by atoms with E-state index in [1.165, 1.54) is 0 Å². The van der Waals surface area contributed by atoms with Crippen LogP contribution in [0.2, 0.25) is 0 Å². The minimum atomic E-state index is -0.307. The maximum atomic E-state index is 11.8. The molecule has 3 aromatic rings. The van der Waals surface area contributed by atoms with E-state index in [9.17, 15) is 4.79 Å². The number of carbonyl (C=O) groups is 1. The van der Waals surface area contributed by atoms with Gasteiger partial charge < -0.3 is 14.3 Å². The zero-order valence-corrected chi connectivity index (χ0v) is 12.5. The van der Waals surface area contributed by atoms with E-state index in [0.717, 1.165) is 11.3 Å². The Kier molecular flexibility index (Phi) is 3.87. The second-order valence-corrected chi connectivity index (χ2v) is 5.11. The molecule has 0 spiro atoms. The summed E-state index contributed by atoms with van der Waals surface area (Å²) < 4.78 is 10.9. The summed E-state index contributed by atoms with van der Waals surface area (Å²) >= 11 is 3.15. The molecule has 0 unspecified atom stereocenters. The largest absolute Gasteiger partial charge is 0.444 e. The molecule has 0 saturated carbocycles. The minimum absolute atomic E-state index is 0.240. The second kappa shape index (κ2) is 5.97. The van der Waals surface area contributed by atoms with Crippen molar-refractivity contribution in [1.29, 1.82) is 0 Å². The van der Waals surface area contributed by atoms with Gasteiger partial charge in [-0.05, 0) is 28.1 Å². The van der Waals surface area contributed by atoms with E-state index in [-0.39, 0.29) is 18.2 Å². The lowest BCUT2D eigenvalue weighted by Crippen LogP contribution is -2.21. The SMILES string of the molecule is O=C(NCc1cc(-c2ccccc2)no1)c1ccc(Br)o1. The zero-order chi connectivity index (χ0) is 14.7. The summed E-state index contributed by atoms with van der Waals surface area (Å²) in [6, 6.07) is 14.7. The van der Waals surface area contributed by atoms with E-state index in [0.29, 0.717) is 10.4 Å². The fraction of sp³-hybridized carbons (Fsp3) is 0.0667. The van der Waals surface area contributed by atoms with Gasteiger partial charge in [0, 0.05) is 11.6 Å². The molecule has 0 aliphatic carbocycles. The molecule has 2 heterocycles. The predicted molar refractivity (Wildman–Crippen MR) is 79.5 cm³/mol. The van der Waals surface area contributed by atoms with Gasteiger partial charge in [0.15, 0.2) is 16.2 Å². The van der Waals surface area contributed by atoms with E-state index in [1.807, 2.05) is 30.3 Å². The number of rotatable bonds is 4. The van der Waals surface area contributed by atoms with E-state index >= 15 is 0 Å². The van der Waals surface area contributed by atoms with Crippen LogP contribution in [0.5, 0.6) is 0 Å². The smallest absolute Gasteiger partial charge is 0.287 e. The number of furan rings is 1. The molecule has 21 heavy (non-hydrogen) atoms. The van der Waals surface area contributed by atoms with Crippen molar-refractivity contribution in [2.24, 2.45) is 0 Å². The van der Waals surface area contributed by atoms with Gasteiger partial charge in [0.1, 0.15) is 5.69 Å². The van der Waals surface area contributed by atoms with Crippen LogP contribution in [-0.4, -0.2) is 11.1 Å². The molecule has 1 amide bonds. The van der Waals surface area contributed by atoms with Gasteiger partial charge in [-0.15, -0.1) is 0 Å². The third-order valence-corrected chi connectivity index (χ3v) is 3.27. The third-order valence-electron chi connectivity index (χ3n) is 2.85. The Hall–Kier alpha value is -2.34. The van der Waals surface area contributed by atoms with Gasteiger partial charge in [-0.1, -0.05) is 35.5 Å². The molecule has 0 aliphatic rings. The first-order valence-electron chi connectivity index (χ1n) is 6.27. The molecule has 3 rings (SSSR count). The number of halogens is 1. The number of benzene rings is 1. The highest BCUT2D eigenvalue weighted by Crippen LogP contribution is 2.18.